The molecule has 0 aromatic rings. The van der Waals surface area contributed by atoms with Crippen molar-refractivity contribution < 1.29 is 5.11 Å². The second kappa shape index (κ2) is 3.37. The summed E-state index contributed by atoms with van der Waals surface area (Å²) in [6.07, 6.45) is 0. The van der Waals surface area contributed by atoms with Gasteiger partial charge in [-0.2, -0.15) is 11.8 Å². The zero-order chi connectivity index (χ0) is 7.61. The van der Waals surface area contributed by atoms with Gasteiger partial charge in [0, 0.05) is 11.5 Å². The van der Waals surface area contributed by atoms with E-state index in [1.54, 1.807) is 11.8 Å². The van der Waals surface area contributed by atoms with Gasteiger partial charge in [-0.25, -0.2) is 0 Å². The van der Waals surface area contributed by atoms with Gasteiger partial charge < -0.3 is 5.11 Å². The lowest BCUT2D eigenvalue weighted by atomic mass is 10.0. The molecule has 1 heterocycles. The molecule has 0 radical (unpaired) electrons. The molecule has 10 heavy (non-hydrogen) atoms. The molecule has 60 valence electrons. The highest BCUT2D eigenvalue weighted by molar-refractivity contribution is 8.03. The molecule has 3 heteroatoms. The third-order valence-electron chi connectivity index (χ3n) is 1.42. The van der Waals surface area contributed by atoms with E-state index in [9.17, 15) is 5.11 Å². The highest BCUT2D eigenvalue weighted by Gasteiger charge is 2.23. The highest BCUT2D eigenvalue weighted by Crippen LogP contribution is 2.33. The van der Waals surface area contributed by atoms with Crippen LogP contribution in [0.15, 0.2) is 0 Å². The maximum absolute atomic E-state index is 9.26. The average Bonchev–Trinajstić information content (AvgIpc) is 1.94. The van der Waals surface area contributed by atoms with Gasteiger partial charge in [-0.15, -0.1) is 11.8 Å². The van der Waals surface area contributed by atoms with Crippen LogP contribution in [0.3, 0.4) is 0 Å². The minimum absolute atomic E-state index is 0.133. The van der Waals surface area contributed by atoms with Crippen molar-refractivity contribution in [3.8, 4) is 0 Å². The number of hydrogen-bond acceptors (Lipinski definition) is 3. The van der Waals surface area contributed by atoms with Crippen molar-refractivity contribution >= 4 is 23.5 Å². The maximum atomic E-state index is 9.26. The van der Waals surface area contributed by atoms with Crippen LogP contribution in [0, 0.1) is 5.41 Å². The minimum atomic E-state index is -0.133. The molecule has 0 saturated carbocycles. The Bertz CT molecular complexity index is 114. The van der Waals surface area contributed by atoms with Gasteiger partial charge in [0.1, 0.15) is 5.44 Å². The molecule has 1 aliphatic rings. The molecule has 0 spiro atoms. The summed E-state index contributed by atoms with van der Waals surface area (Å²) in [4.78, 5) is 0. The fourth-order valence-corrected chi connectivity index (χ4v) is 3.37. The van der Waals surface area contributed by atoms with E-state index in [4.69, 9.17) is 0 Å². The van der Waals surface area contributed by atoms with Gasteiger partial charge >= 0.3 is 0 Å². The number of aliphatic hydroxyl groups is 1. The van der Waals surface area contributed by atoms with Crippen LogP contribution in [-0.4, -0.2) is 27.8 Å². The molecule has 1 saturated heterocycles. The van der Waals surface area contributed by atoms with E-state index in [0.717, 1.165) is 11.5 Å². The molecule has 0 aliphatic carbocycles. The van der Waals surface area contributed by atoms with Gasteiger partial charge in [0.15, 0.2) is 0 Å². The van der Waals surface area contributed by atoms with Crippen LogP contribution in [0.5, 0.6) is 0 Å². The number of rotatable bonds is 0. The van der Waals surface area contributed by atoms with Gasteiger partial charge in [0.2, 0.25) is 0 Å². The van der Waals surface area contributed by atoms with E-state index in [1.807, 2.05) is 11.8 Å². The van der Waals surface area contributed by atoms with Crippen molar-refractivity contribution in [1.29, 1.82) is 0 Å². The fraction of sp³-hybridized carbons (Fsp3) is 1.00. The van der Waals surface area contributed by atoms with Crippen molar-refractivity contribution in [3.63, 3.8) is 0 Å². The van der Waals surface area contributed by atoms with Crippen LogP contribution in [-0.2, 0) is 0 Å². The molecule has 1 atom stereocenters. The summed E-state index contributed by atoms with van der Waals surface area (Å²) in [5.74, 6) is 3.16. The van der Waals surface area contributed by atoms with Crippen LogP contribution in [0.25, 0.3) is 0 Å². The lowest BCUT2D eigenvalue weighted by Gasteiger charge is -2.19. The van der Waals surface area contributed by atoms with E-state index < -0.39 is 0 Å². The molecule has 0 bridgehead atoms. The first kappa shape index (κ1) is 8.75. The zero-order valence-corrected chi connectivity index (χ0v) is 8.10. The summed E-state index contributed by atoms with van der Waals surface area (Å²) in [7, 11) is 0. The normalized spacial score (nSPS) is 33.3. The molecule has 1 N–H and O–H groups in total. The summed E-state index contributed by atoms with van der Waals surface area (Å²) >= 11 is 3.54. The third-order valence-corrected chi connectivity index (χ3v) is 4.67. The number of thioether (sulfide) groups is 2. The van der Waals surface area contributed by atoms with Crippen LogP contribution >= 0.6 is 23.5 Å². The Hall–Kier alpha value is 0.660. The Morgan fingerprint density at radius 2 is 2.10 bits per heavy atom. The Balaban J connectivity index is 2.41. The predicted octanol–water partition coefficient (Wildman–Crippen LogP) is 1.81. The van der Waals surface area contributed by atoms with Crippen LogP contribution < -0.4 is 0 Å². The fourth-order valence-electron chi connectivity index (χ4n) is 0.848. The summed E-state index contributed by atoms with van der Waals surface area (Å²) in [5.41, 5.74) is 0.277. The van der Waals surface area contributed by atoms with Crippen molar-refractivity contribution in [1.82, 2.24) is 0 Å². The first-order chi connectivity index (χ1) is 4.60. The SMILES string of the molecule is CC1(C)CSCC(O)SC1. The molecule has 1 rings (SSSR count). The first-order valence-corrected chi connectivity index (χ1v) is 5.68. The second-order valence-corrected chi connectivity index (χ2v) is 5.64. The monoisotopic (exact) mass is 178 g/mol. The van der Waals surface area contributed by atoms with Crippen molar-refractivity contribution in [2.24, 2.45) is 5.41 Å². The maximum Gasteiger partial charge on any atom is 0.108 e. The van der Waals surface area contributed by atoms with Gasteiger partial charge in [-0.05, 0) is 11.2 Å². The smallest absolute Gasteiger partial charge is 0.108 e. The van der Waals surface area contributed by atoms with E-state index in [2.05, 4.69) is 13.8 Å². The van der Waals surface area contributed by atoms with Crippen LogP contribution in [0.2, 0.25) is 0 Å². The molecule has 0 aromatic carbocycles. The zero-order valence-electron chi connectivity index (χ0n) is 6.46. The molecule has 0 amide bonds. The quantitative estimate of drug-likeness (QED) is 0.611. The molecule has 1 fully saturated rings. The molecular formula is C7H14OS2. The van der Waals surface area contributed by atoms with E-state index in [-0.39, 0.29) is 5.44 Å². The topological polar surface area (TPSA) is 20.2 Å². The molecule has 0 aromatic heterocycles. The Kier molecular flexibility index (Phi) is 2.95. The molecule has 1 nitrogen and oxygen atoms in total. The van der Waals surface area contributed by atoms with Crippen molar-refractivity contribution in [2.45, 2.75) is 19.3 Å². The summed E-state index contributed by atoms with van der Waals surface area (Å²) in [6.45, 7) is 4.51. The summed E-state index contributed by atoms with van der Waals surface area (Å²) < 4.78 is 0. The second-order valence-electron chi connectivity index (χ2n) is 3.44. The van der Waals surface area contributed by atoms with Gasteiger partial charge in [-0.1, -0.05) is 13.8 Å². The number of aliphatic hydroxyl groups excluding tert-OH is 1. The van der Waals surface area contributed by atoms with Crippen molar-refractivity contribution in [2.75, 3.05) is 17.3 Å². The summed E-state index contributed by atoms with van der Waals surface area (Å²) in [6, 6.07) is 0. The minimum Gasteiger partial charge on any atom is -0.382 e. The van der Waals surface area contributed by atoms with E-state index in [0.29, 0.717) is 5.41 Å². The first-order valence-electron chi connectivity index (χ1n) is 3.48. The van der Waals surface area contributed by atoms with E-state index >= 15 is 0 Å². The van der Waals surface area contributed by atoms with Crippen LogP contribution in [0.1, 0.15) is 13.8 Å². The lowest BCUT2D eigenvalue weighted by molar-refractivity contribution is 0.288. The van der Waals surface area contributed by atoms with E-state index in [1.165, 1.54) is 5.75 Å². The third kappa shape index (κ3) is 2.72. The van der Waals surface area contributed by atoms with Gasteiger partial charge in [0.05, 0.1) is 0 Å². The predicted molar refractivity (Wildman–Crippen MR) is 49.6 cm³/mol. The van der Waals surface area contributed by atoms with Crippen LogP contribution in [0.4, 0.5) is 0 Å². The highest BCUT2D eigenvalue weighted by atomic mass is 32.2. The summed E-state index contributed by atoms with van der Waals surface area (Å²) in [5, 5.41) is 9.26. The Morgan fingerprint density at radius 3 is 2.80 bits per heavy atom. The molecular weight excluding hydrogens is 164 g/mol. The standard InChI is InChI=1S/C7H14OS2/c1-7(2)4-9-3-6(8)10-5-7/h6,8H,3-5H2,1-2H3. The average molecular weight is 178 g/mol. The van der Waals surface area contributed by atoms with Gasteiger partial charge in [-0.3, -0.25) is 0 Å². The largest absolute Gasteiger partial charge is 0.382 e. The molecule has 1 aliphatic heterocycles. The Morgan fingerprint density at radius 1 is 1.40 bits per heavy atom. The van der Waals surface area contributed by atoms with Crippen molar-refractivity contribution in [3.05, 3.63) is 0 Å². The van der Waals surface area contributed by atoms with Gasteiger partial charge in [0.25, 0.3) is 0 Å². The number of hydrogen-bond donors (Lipinski definition) is 1. The lowest BCUT2D eigenvalue weighted by Crippen LogP contribution is -2.16. The Labute approximate surface area is 71.0 Å². The molecule has 1 unspecified atom stereocenters.